The first-order valence-electron chi connectivity index (χ1n) is 10.3. The second-order valence-electron chi connectivity index (χ2n) is 7.61. The molecule has 0 radical (unpaired) electrons. The molecule has 0 bridgehead atoms. The quantitative estimate of drug-likeness (QED) is 0.432. The van der Waals surface area contributed by atoms with Crippen LogP contribution in [0, 0.1) is 6.92 Å². The van der Waals surface area contributed by atoms with E-state index in [0.29, 0.717) is 16.8 Å². The van der Waals surface area contributed by atoms with Crippen LogP contribution in [0.4, 0.5) is 5.69 Å². The average Bonchev–Trinajstić information content (AvgIpc) is 2.79. The van der Waals surface area contributed by atoms with E-state index in [2.05, 4.69) is 28.8 Å². The Morgan fingerprint density at radius 1 is 0.774 bits per heavy atom. The lowest BCUT2D eigenvalue weighted by Crippen LogP contribution is -2.27. The van der Waals surface area contributed by atoms with Gasteiger partial charge in [0.05, 0.1) is 6.04 Å². The molecule has 4 nitrogen and oxygen atoms in total. The Hall–Kier alpha value is -3.92. The van der Waals surface area contributed by atoms with Gasteiger partial charge in [0.15, 0.2) is 0 Å². The van der Waals surface area contributed by atoms with E-state index in [1.165, 1.54) is 0 Å². The van der Waals surface area contributed by atoms with Crippen LogP contribution in [0.3, 0.4) is 0 Å². The van der Waals surface area contributed by atoms with Crippen molar-refractivity contribution in [3.05, 3.63) is 113 Å². The fourth-order valence-corrected chi connectivity index (χ4v) is 3.75. The second-order valence-corrected chi connectivity index (χ2v) is 7.61. The van der Waals surface area contributed by atoms with Crippen molar-refractivity contribution >= 4 is 28.3 Å². The van der Waals surface area contributed by atoms with Gasteiger partial charge >= 0.3 is 0 Å². The normalized spacial score (nSPS) is 11.7. The summed E-state index contributed by atoms with van der Waals surface area (Å²) in [6.45, 7) is 3.87. The lowest BCUT2D eigenvalue weighted by Gasteiger charge is -2.17. The van der Waals surface area contributed by atoms with Crippen LogP contribution in [0.5, 0.6) is 0 Å². The molecule has 31 heavy (non-hydrogen) atoms. The van der Waals surface area contributed by atoms with Crippen molar-refractivity contribution in [3.8, 4) is 0 Å². The molecule has 0 spiro atoms. The number of benzene rings is 4. The van der Waals surface area contributed by atoms with Crippen LogP contribution in [0.15, 0.2) is 91.0 Å². The molecule has 1 atom stereocenters. The molecule has 0 aliphatic carbocycles. The summed E-state index contributed by atoms with van der Waals surface area (Å²) in [5, 5.41) is 8.22. The smallest absolute Gasteiger partial charge is 0.255 e. The third kappa shape index (κ3) is 4.48. The van der Waals surface area contributed by atoms with Gasteiger partial charge in [-0.25, -0.2) is 0 Å². The molecule has 0 aliphatic heterocycles. The highest BCUT2D eigenvalue weighted by atomic mass is 16.2. The zero-order valence-electron chi connectivity index (χ0n) is 17.6. The number of anilines is 1. The maximum absolute atomic E-state index is 12.9. The number of hydrogen-bond donors (Lipinski definition) is 2. The zero-order chi connectivity index (χ0) is 21.8. The van der Waals surface area contributed by atoms with Gasteiger partial charge in [0.1, 0.15) is 0 Å². The number of hydrogen-bond acceptors (Lipinski definition) is 2. The minimum Gasteiger partial charge on any atom is -0.345 e. The van der Waals surface area contributed by atoms with Crippen molar-refractivity contribution in [1.82, 2.24) is 5.32 Å². The molecule has 4 aromatic rings. The first-order chi connectivity index (χ1) is 15.0. The monoisotopic (exact) mass is 408 g/mol. The minimum absolute atomic E-state index is 0.163. The third-order valence-corrected chi connectivity index (χ3v) is 5.41. The summed E-state index contributed by atoms with van der Waals surface area (Å²) in [6.07, 6.45) is 0. The summed E-state index contributed by atoms with van der Waals surface area (Å²) < 4.78 is 0. The van der Waals surface area contributed by atoms with Gasteiger partial charge in [-0.3, -0.25) is 9.59 Å². The summed E-state index contributed by atoms with van der Waals surface area (Å²) in [5.41, 5.74) is 3.66. The highest BCUT2D eigenvalue weighted by Gasteiger charge is 2.15. The second kappa shape index (κ2) is 8.84. The van der Waals surface area contributed by atoms with Gasteiger partial charge in [-0.05, 0) is 60.0 Å². The minimum atomic E-state index is -0.195. The summed E-state index contributed by atoms with van der Waals surface area (Å²) in [6, 6.07) is 28.5. The number of amides is 2. The van der Waals surface area contributed by atoms with Crippen LogP contribution < -0.4 is 10.6 Å². The highest BCUT2D eigenvalue weighted by Crippen LogP contribution is 2.24. The van der Waals surface area contributed by atoms with Crippen LogP contribution in [0.25, 0.3) is 10.8 Å². The number of carbonyl (C=O) groups excluding carboxylic acids is 2. The topological polar surface area (TPSA) is 58.2 Å². The van der Waals surface area contributed by atoms with Crippen LogP contribution >= 0.6 is 0 Å². The molecule has 2 amide bonds. The molecule has 4 rings (SSSR count). The van der Waals surface area contributed by atoms with Gasteiger partial charge in [-0.2, -0.15) is 0 Å². The first kappa shape index (κ1) is 20.4. The summed E-state index contributed by atoms with van der Waals surface area (Å²) in [7, 11) is 0. The molecule has 0 saturated heterocycles. The third-order valence-electron chi connectivity index (χ3n) is 5.41. The lowest BCUT2D eigenvalue weighted by atomic mass is 9.99. The van der Waals surface area contributed by atoms with Crippen LogP contribution in [-0.4, -0.2) is 11.8 Å². The molecule has 4 heteroatoms. The van der Waals surface area contributed by atoms with E-state index in [4.69, 9.17) is 0 Å². The SMILES string of the molecule is Cc1ccccc1C(=O)Nc1cccc(C(=O)N[C@@H](C)c2cccc3ccccc23)c1. The van der Waals surface area contributed by atoms with Crippen LogP contribution in [-0.2, 0) is 0 Å². The molecule has 0 aromatic heterocycles. The van der Waals surface area contributed by atoms with E-state index >= 15 is 0 Å². The Morgan fingerprint density at radius 3 is 2.32 bits per heavy atom. The standard InChI is InChI=1S/C27H24N2O2/c1-18-9-3-5-14-23(18)27(31)29-22-13-7-12-21(17-22)26(30)28-19(2)24-16-8-11-20-10-4-6-15-25(20)24/h3-17,19H,1-2H3,(H,28,30)(H,29,31)/t19-/m0/s1. The molecular weight excluding hydrogens is 384 g/mol. The van der Waals surface area contributed by atoms with Gasteiger partial charge in [-0.1, -0.05) is 66.7 Å². The van der Waals surface area contributed by atoms with Crippen molar-refractivity contribution < 1.29 is 9.59 Å². The Balaban J connectivity index is 1.50. The molecule has 0 saturated carbocycles. The van der Waals surface area contributed by atoms with Crippen molar-refractivity contribution in [1.29, 1.82) is 0 Å². The first-order valence-corrected chi connectivity index (χ1v) is 10.3. The maximum atomic E-state index is 12.9. The summed E-state index contributed by atoms with van der Waals surface area (Å²) in [4.78, 5) is 25.5. The largest absolute Gasteiger partial charge is 0.345 e. The molecule has 2 N–H and O–H groups in total. The van der Waals surface area contributed by atoms with Gasteiger partial charge in [0.25, 0.3) is 11.8 Å². The van der Waals surface area contributed by atoms with E-state index in [-0.39, 0.29) is 17.9 Å². The Bertz CT molecular complexity index is 1260. The lowest BCUT2D eigenvalue weighted by molar-refractivity contribution is 0.0939. The zero-order valence-corrected chi connectivity index (χ0v) is 17.6. The molecule has 154 valence electrons. The van der Waals surface area contributed by atoms with Crippen molar-refractivity contribution in [2.75, 3.05) is 5.32 Å². The number of nitrogens with one attached hydrogen (secondary N) is 2. The van der Waals surface area contributed by atoms with Gasteiger partial charge in [-0.15, -0.1) is 0 Å². The van der Waals surface area contributed by atoms with Gasteiger partial charge in [0, 0.05) is 16.8 Å². The number of aryl methyl sites for hydroxylation is 1. The predicted molar refractivity (Wildman–Crippen MR) is 125 cm³/mol. The van der Waals surface area contributed by atoms with Gasteiger partial charge in [0.2, 0.25) is 0 Å². The van der Waals surface area contributed by atoms with Crippen molar-refractivity contribution in [3.63, 3.8) is 0 Å². The fraction of sp³-hybridized carbons (Fsp3) is 0.111. The number of fused-ring (bicyclic) bond motifs is 1. The number of carbonyl (C=O) groups is 2. The summed E-state index contributed by atoms with van der Waals surface area (Å²) in [5.74, 6) is -0.382. The molecule has 0 heterocycles. The van der Waals surface area contributed by atoms with E-state index in [1.54, 1.807) is 30.3 Å². The van der Waals surface area contributed by atoms with Crippen LogP contribution in [0.1, 0.15) is 44.8 Å². The van der Waals surface area contributed by atoms with E-state index in [1.807, 2.05) is 56.3 Å². The van der Waals surface area contributed by atoms with E-state index in [9.17, 15) is 9.59 Å². The Kier molecular flexibility index (Phi) is 5.80. The number of rotatable bonds is 5. The van der Waals surface area contributed by atoms with Crippen molar-refractivity contribution in [2.24, 2.45) is 0 Å². The molecule has 0 unspecified atom stereocenters. The molecule has 4 aromatic carbocycles. The fourth-order valence-electron chi connectivity index (χ4n) is 3.75. The Morgan fingerprint density at radius 2 is 1.48 bits per heavy atom. The predicted octanol–water partition coefficient (Wildman–Crippen LogP) is 5.89. The maximum Gasteiger partial charge on any atom is 0.255 e. The molecular formula is C27H24N2O2. The van der Waals surface area contributed by atoms with E-state index in [0.717, 1.165) is 21.9 Å². The van der Waals surface area contributed by atoms with Crippen molar-refractivity contribution in [2.45, 2.75) is 19.9 Å². The highest BCUT2D eigenvalue weighted by molar-refractivity contribution is 6.06. The Labute approximate surface area is 181 Å². The molecule has 0 fully saturated rings. The van der Waals surface area contributed by atoms with E-state index < -0.39 is 0 Å². The van der Waals surface area contributed by atoms with Crippen LogP contribution in [0.2, 0.25) is 0 Å². The summed E-state index contributed by atoms with van der Waals surface area (Å²) >= 11 is 0. The molecule has 0 aliphatic rings. The van der Waals surface area contributed by atoms with Gasteiger partial charge < -0.3 is 10.6 Å². The average molecular weight is 409 g/mol.